The molecule has 168 valence electrons. The molecule has 0 spiro atoms. The topological polar surface area (TPSA) is 86.8 Å². The molecule has 2 aromatic carbocycles. The first kappa shape index (κ1) is 23.3. The van der Waals surface area contributed by atoms with E-state index in [4.69, 9.17) is 14.2 Å². The summed E-state index contributed by atoms with van der Waals surface area (Å²) in [5, 5.41) is 5.21. The average Bonchev–Trinajstić information content (AvgIpc) is 3.31. The van der Waals surface area contributed by atoms with Gasteiger partial charge >= 0.3 is 5.97 Å². The third kappa shape index (κ3) is 6.81. The van der Waals surface area contributed by atoms with Crippen LogP contribution in [0.4, 0.5) is 0 Å². The molecule has 0 atom stereocenters. The number of esters is 1. The van der Waals surface area contributed by atoms with Crippen molar-refractivity contribution in [1.29, 1.82) is 0 Å². The standard InChI is InChI=1S/C24H26N2O5S/c1-3-4-12-30-20-10-8-17(9-11-20)23(28)25-14-22(27)31-15-19-16-32-24(26-19)18-6-5-7-21(13-18)29-2/h5-11,13,16H,3-4,12,14-15H2,1-2H3,(H,25,28). The molecule has 0 bridgehead atoms. The summed E-state index contributed by atoms with van der Waals surface area (Å²) in [5.41, 5.74) is 2.02. The highest BCUT2D eigenvalue weighted by Gasteiger charge is 2.11. The van der Waals surface area contributed by atoms with E-state index < -0.39 is 5.97 Å². The number of ether oxygens (including phenoxy) is 3. The van der Waals surface area contributed by atoms with Crippen molar-refractivity contribution in [1.82, 2.24) is 10.3 Å². The maximum absolute atomic E-state index is 12.2. The van der Waals surface area contributed by atoms with Gasteiger partial charge in [-0.05, 0) is 42.8 Å². The van der Waals surface area contributed by atoms with Gasteiger partial charge in [0.25, 0.3) is 5.91 Å². The number of nitrogens with one attached hydrogen (secondary N) is 1. The van der Waals surface area contributed by atoms with Gasteiger partial charge in [-0.25, -0.2) is 4.98 Å². The molecular weight excluding hydrogens is 428 g/mol. The van der Waals surface area contributed by atoms with Gasteiger partial charge in [-0.3, -0.25) is 9.59 Å². The Morgan fingerprint density at radius 2 is 1.91 bits per heavy atom. The van der Waals surface area contributed by atoms with Crippen molar-refractivity contribution in [3.05, 3.63) is 65.2 Å². The third-order valence-electron chi connectivity index (χ3n) is 4.53. The summed E-state index contributed by atoms with van der Waals surface area (Å²) in [7, 11) is 1.61. The molecule has 0 saturated heterocycles. The highest BCUT2D eigenvalue weighted by atomic mass is 32.1. The lowest BCUT2D eigenvalue weighted by atomic mass is 10.2. The van der Waals surface area contributed by atoms with Crippen molar-refractivity contribution in [3.8, 4) is 22.1 Å². The van der Waals surface area contributed by atoms with Gasteiger partial charge < -0.3 is 19.5 Å². The van der Waals surface area contributed by atoms with Gasteiger partial charge in [-0.1, -0.05) is 25.5 Å². The van der Waals surface area contributed by atoms with E-state index in [1.807, 2.05) is 29.6 Å². The minimum atomic E-state index is -0.534. The Morgan fingerprint density at radius 3 is 2.66 bits per heavy atom. The van der Waals surface area contributed by atoms with Crippen LogP contribution >= 0.6 is 11.3 Å². The highest BCUT2D eigenvalue weighted by molar-refractivity contribution is 7.13. The first-order chi connectivity index (χ1) is 15.6. The largest absolute Gasteiger partial charge is 0.497 e. The second-order valence-electron chi connectivity index (χ2n) is 6.95. The van der Waals surface area contributed by atoms with E-state index >= 15 is 0 Å². The van der Waals surface area contributed by atoms with Crippen molar-refractivity contribution in [2.45, 2.75) is 26.4 Å². The van der Waals surface area contributed by atoms with Crippen LogP contribution in [0.25, 0.3) is 10.6 Å². The maximum Gasteiger partial charge on any atom is 0.325 e. The van der Waals surface area contributed by atoms with Crippen molar-refractivity contribution < 1.29 is 23.8 Å². The van der Waals surface area contributed by atoms with Crippen molar-refractivity contribution in [3.63, 3.8) is 0 Å². The summed E-state index contributed by atoms with van der Waals surface area (Å²) in [5.74, 6) is 0.580. The smallest absolute Gasteiger partial charge is 0.325 e. The van der Waals surface area contributed by atoms with Crippen LogP contribution in [0.15, 0.2) is 53.9 Å². The van der Waals surface area contributed by atoms with Crippen LogP contribution < -0.4 is 14.8 Å². The molecule has 0 aliphatic heterocycles. The summed E-state index contributed by atoms with van der Waals surface area (Å²) in [4.78, 5) is 28.7. The summed E-state index contributed by atoms with van der Waals surface area (Å²) in [6, 6.07) is 14.4. The third-order valence-corrected chi connectivity index (χ3v) is 5.47. The molecule has 1 N–H and O–H groups in total. The van der Waals surface area contributed by atoms with Crippen LogP contribution in [-0.2, 0) is 16.1 Å². The Bertz CT molecular complexity index is 1030. The Balaban J connectivity index is 1.43. The summed E-state index contributed by atoms with van der Waals surface area (Å²) in [6.07, 6.45) is 2.04. The molecule has 0 aliphatic rings. The minimum absolute atomic E-state index is 0.0406. The molecule has 1 aromatic heterocycles. The number of thiazole rings is 1. The second kappa shape index (κ2) is 11.9. The van der Waals surface area contributed by atoms with E-state index in [9.17, 15) is 9.59 Å². The molecule has 8 heteroatoms. The lowest BCUT2D eigenvalue weighted by Gasteiger charge is -2.08. The lowest BCUT2D eigenvalue weighted by Crippen LogP contribution is -2.30. The molecule has 1 heterocycles. The lowest BCUT2D eigenvalue weighted by molar-refractivity contribution is -0.143. The predicted octanol–water partition coefficient (Wildman–Crippen LogP) is 4.47. The van der Waals surface area contributed by atoms with Gasteiger partial charge in [-0.15, -0.1) is 11.3 Å². The van der Waals surface area contributed by atoms with Crippen molar-refractivity contribution in [2.75, 3.05) is 20.3 Å². The van der Waals surface area contributed by atoms with Gasteiger partial charge in [-0.2, -0.15) is 0 Å². The quantitative estimate of drug-likeness (QED) is 0.340. The molecular formula is C24H26N2O5S. The number of methoxy groups -OCH3 is 1. The summed E-state index contributed by atoms with van der Waals surface area (Å²) < 4.78 is 16.0. The fourth-order valence-corrected chi connectivity index (χ4v) is 3.56. The number of hydrogen-bond donors (Lipinski definition) is 1. The van der Waals surface area contributed by atoms with Crippen molar-refractivity contribution >= 4 is 23.2 Å². The van der Waals surface area contributed by atoms with Gasteiger partial charge in [0.2, 0.25) is 0 Å². The Hall–Kier alpha value is -3.39. The van der Waals surface area contributed by atoms with E-state index in [1.165, 1.54) is 11.3 Å². The normalized spacial score (nSPS) is 10.4. The van der Waals surface area contributed by atoms with Crippen LogP contribution in [0.3, 0.4) is 0 Å². The van der Waals surface area contributed by atoms with E-state index in [0.29, 0.717) is 23.6 Å². The number of unbranched alkanes of at least 4 members (excludes halogenated alkanes) is 1. The number of aromatic nitrogens is 1. The van der Waals surface area contributed by atoms with Gasteiger partial charge in [0.15, 0.2) is 0 Å². The molecule has 3 rings (SSSR count). The fourth-order valence-electron chi connectivity index (χ4n) is 2.76. The average molecular weight is 455 g/mol. The summed E-state index contributed by atoms with van der Waals surface area (Å²) >= 11 is 1.46. The number of hydrogen-bond acceptors (Lipinski definition) is 7. The highest BCUT2D eigenvalue weighted by Crippen LogP contribution is 2.27. The zero-order valence-corrected chi connectivity index (χ0v) is 18.9. The SMILES string of the molecule is CCCCOc1ccc(C(=O)NCC(=O)OCc2csc(-c3cccc(OC)c3)n2)cc1. The number of nitrogens with zero attached hydrogens (tertiary/aromatic N) is 1. The van der Waals surface area contributed by atoms with Crippen LogP contribution in [0.2, 0.25) is 0 Å². The molecule has 0 radical (unpaired) electrons. The van der Waals surface area contributed by atoms with E-state index in [-0.39, 0.29) is 19.1 Å². The Labute approximate surface area is 191 Å². The molecule has 0 fully saturated rings. The minimum Gasteiger partial charge on any atom is -0.497 e. The van der Waals surface area contributed by atoms with Crippen molar-refractivity contribution in [2.24, 2.45) is 0 Å². The molecule has 0 unspecified atom stereocenters. The monoisotopic (exact) mass is 454 g/mol. The van der Waals surface area contributed by atoms with Gasteiger partial charge in [0.1, 0.15) is 29.7 Å². The Morgan fingerprint density at radius 1 is 1.09 bits per heavy atom. The van der Waals surface area contributed by atoms with Gasteiger partial charge in [0, 0.05) is 16.5 Å². The molecule has 0 saturated carbocycles. The molecule has 7 nitrogen and oxygen atoms in total. The number of benzene rings is 2. The first-order valence-electron chi connectivity index (χ1n) is 10.3. The van der Waals surface area contributed by atoms with Crippen LogP contribution in [0.1, 0.15) is 35.8 Å². The number of carbonyl (C=O) groups excluding carboxylic acids is 2. The number of carbonyl (C=O) groups is 2. The number of amides is 1. The predicted molar refractivity (Wildman–Crippen MR) is 123 cm³/mol. The Kier molecular flexibility index (Phi) is 8.62. The molecule has 3 aromatic rings. The molecule has 32 heavy (non-hydrogen) atoms. The van der Waals surface area contributed by atoms with E-state index in [2.05, 4.69) is 17.2 Å². The molecule has 1 amide bonds. The van der Waals surface area contributed by atoms with Crippen LogP contribution in [0.5, 0.6) is 11.5 Å². The first-order valence-corrected chi connectivity index (χ1v) is 11.2. The van der Waals surface area contributed by atoms with Crippen LogP contribution in [0, 0.1) is 0 Å². The van der Waals surface area contributed by atoms with Gasteiger partial charge in [0.05, 0.1) is 19.4 Å². The van der Waals surface area contributed by atoms with E-state index in [0.717, 1.165) is 29.2 Å². The number of rotatable bonds is 11. The zero-order valence-electron chi connectivity index (χ0n) is 18.1. The van der Waals surface area contributed by atoms with E-state index in [1.54, 1.807) is 31.4 Å². The maximum atomic E-state index is 12.2. The summed E-state index contributed by atoms with van der Waals surface area (Å²) in [6.45, 7) is 2.56. The van der Waals surface area contributed by atoms with Crippen LogP contribution in [-0.4, -0.2) is 37.1 Å². The molecule has 0 aliphatic carbocycles. The fraction of sp³-hybridized carbons (Fsp3) is 0.292. The second-order valence-corrected chi connectivity index (χ2v) is 7.80. The zero-order chi connectivity index (χ0) is 22.8.